The van der Waals surface area contributed by atoms with Crippen LogP contribution in [0.2, 0.25) is 0 Å². The molecule has 1 unspecified atom stereocenters. The molecule has 100 valence electrons. The van der Waals surface area contributed by atoms with Crippen molar-refractivity contribution in [1.29, 1.82) is 0 Å². The maximum absolute atomic E-state index is 14.0. The van der Waals surface area contributed by atoms with Gasteiger partial charge in [-0.2, -0.15) is 0 Å². The summed E-state index contributed by atoms with van der Waals surface area (Å²) in [5, 5.41) is 3.18. The monoisotopic (exact) mass is 257 g/mol. The summed E-state index contributed by atoms with van der Waals surface area (Å²) < 4.78 is 14.0. The average molecular weight is 257 g/mol. The fraction of sp³-hybridized carbons (Fsp3) is 0.294. The molecule has 2 rings (SSSR count). The largest absolute Gasteiger partial charge is 0.313 e. The third-order valence-electron chi connectivity index (χ3n) is 3.57. The zero-order valence-electron chi connectivity index (χ0n) is 11.7. The van der Waals surface area contributed by atoms with E-state index in [0.717, 1.165) is 17.5 Å². The lowest BCUT2D eigenvalue weighted by Gasteiger charge is -2.13. The van der Waals surface area contributed by atoms with E-state index in [4.69, 9.17) is 0 Å². The van der Waals surface area contributed by atoms with Crippen molar-refractivity contribution in [2.24, 2.45) is 0 Å². The molecule has 19 heavy (non-hydrogen) atoms. The summed E-state index contributed by atoms with van der Waals surface area (Å²) in [6.07, 6.45) is 0.960. The normalized spacial score (nSPS) is 12.4. The molecule has 1 atom stereocenters. The molecule has 0 amide bonds. The van der Waals surface area contributed by atoms with Crippen LogP contribution in [0.25, 0.3) is 11.1 Å². The van der Waals surface area contributed by atoms with Gasteiger partial charge < -0.3 is 5.32 Å². The molecule has 0 bridgehead atoms. The van der Waals surface area contributed by atoms with Gasteiger partial charge in [-0.1, -0.05) is 37.3 Å². The second-order valence-corrected chi connectivity index (χ2v) is 4.80. The van der Waals surface area contributed by atoms with Crippen LogP contribution in [-0.4, -0.2) is 7.05 Å². The van der Waals surface area contributed by atoms with Gasteiger partial charge >= 0.3 is 0 Å². The molecule has 0 aliphatic rings. The van der Waals surface area contributed by atoms with Gasteiger partial charge in [0, 0.05) is 11.6 Å². The van der Waals surface area contributed by atoms with E-state index in [1.807, 2.05) is 31.3 Å². The van der Waals surface area contributed by atoms with E-state index in [1.165, 1.54) is 5.56 Å². The summed E-state index contributed by atoms with van der Waals surface area (Å²) in [6.45, 7) is 4.18. The minimum atomic E-state index is -0.166. The number of hydrogen-bond donors (Lipinski definition) is 1. The number of halogens is 1. The SMILES string of the molecule is CCc1cccc(-c2cc(C(C)NC)ccc2F)c1. The van der Waals surface area contributed by atoms with E-state index in [-0.39, 0.29) is 11.9 Å². The van der Waals surface area contributed by atoms with Crippen LogP contribution in [0.1, 0.15) is 31.0 Å². The molecule has 0 aliphatic carbocycles. The zero-order valence-corrected chi connectivity index (χ0v) is 11.7. The molecule has 0 aromatic heterocycles. The summed E-state index contributed by atoms with van der Waals surface area (Å²) in [6, 6.07) is 13.6. The van der Waals surface area contributed by atoms with Crippen LogP contribution in [0.3, 0.4) is 0 Å². The first kappa shape index (κ1) is 13.8. The Kier molecular flexibility index (Phi) is 4.33. The molecule has 0 heterocycles. The molecule has 0 fully saturated rings. The maximum atomic E-state index is 14.0. The minimum absolute atomic E-state index is 0.166. The van der Waals surface area contributed by atoms with E-state index in [9.17, 15) is 4.39 Å². The van der Waals surface area contributed by atoms with Gasteiger partial charge in [0.15, 0.2) is 0 Å². The number of nitrogens with one attached hydrogen (secondary N) is 1. The highest BCUT2D eigenvalue weighted by Crippen LogP contribution is 2.27. The number of hydrogen-bond acceptors (Lipinski definition) is 1. The Hall–Kier alpha value is -1.67. The Morgan fingerprint density at radius 3 is 2.63 bits per heavy atom. The van der Waals surface area contributed by atoms with Crippen molar-refractivity contribution in [3.05, 3.63) is 59.4 Å². The first-order valence-corrected chi connectivity index (χ1v) is 6.71. The highest BCUT2D eigenvalue weighted by molar-refractivity contribution is 5.66. The lowest BCUT2D eigenvalue weighted by molar-refractivity contribution is 0.622. The molecule has 2 aromatic rings. The van der Waals surface area contributed by atoms with Crippen LogP contribution >= 0.6 is 0 Å². The van der Waals surface area contributed by atoms with Crippen LogP contribution in [0, 0.1) is 5.82 Å². The number of rotatable bonds is 4. The van der Waals surface area contributed by atoms with Crippen LogP contribution in [-0.2, 0) is 6.42 Å². The quantitative estimate of drug-likeness (QED) is 0.859. The number of benzene rings is 2. The summed E-state index contributed by atoms with van der Waals surface area (Å²) in [7, 11) is 1.91. The Morgan fingerprint density at radius 2 is 1.95 bits per heavy atom. The Bertz CT molecular complexity index is 563. The third kappa shape index (κ3) is 3.02. The Balaban J connectivity index is 2.48. The second kappa shape index (κ2) is 5.98. The van der Waals surface area contributed by atoms with Crippen molar-refractivity contribution in [3.63, 3.8) is 0 Å². The molecule has 0 aliphatic heterocycles. The third-order valence-corrected chi connectivity index (χ3v) is 3.57. The molecule has 0 radical (unpaired) electrons. The summed E-state index contributed by atoms with van der Waals surface area (Å²) >= 11 is 0. The van der Waals surface area contributed by atoms with Gasteiger partial charge in [0.25, 0.3) is 0 Å². The van der Waals surface area contributed by atoms with Gasteiger partial charge in [-0.05, 0) is 49.2 Å². The second-order valence-electron chi connectivity index (χ2n) is 4.80. The van der Waals surface area contributed by atoms with Crippen molar-refractivity contribution in [1.82, 2.24) is 5.32 Å². The smallest absolute Gasteiger partial charge is 0.131 e. The van der Waals surface area contributed by atoms with E-state index in [2.05, 4.69) is 31.3 Å². The van der Waals surface area contributed by atoms with Gasteiger partial charge in [-0.15, -0.1) is 0 Å². The molecular weight excluding hydrogens is 237 g/mol. The summed E-state index contributed by atoms with van der Waals surface area (Å²) in [4.78, 5) is 0. The predicted octanol–water partition coefficient (Wildman–Crippen LogP) is 4.34. The minimum Gasteiger partial charge on any atom is -0.313 e. The topological polar surface area (TPSA) is 12.0 Å². The highest BCUT2D eigenvalue weighted by Gasteiger charge is 2.09. The van der Waals surface area contributed by atoms with E-state index in [1.54, 1.807) is 6.07 Å². The van der Waals surface area contributed by atoms with Crippen LogP contribution in [0.15, 0.2) is 42.5 Å². The molecule has 0 spiro atoms. The van der Waals surface area contributed by atoms with Gasteiger partial charge in [0.05, 0.1) is 0 Å². The van der Waals surface area contributed by atoms with Crippen molar-refractivity contribution in [2.45, 2.75) is 26.3 Å². The molecule has 0 saturated carbocycles. The van der Waals surface area contributed by atoms with Gasteiger partial charge in [-0.3, -0.25) is 0 Å². The lowest BCUT2D eigenvalue weighted by Crippen LogP contribution is -2.12. The van der Waals surface area contributed by atoms with Crippen molar-refractivity contribution in [2.75, 3.05) is 7.05 Å². The number of aryl methyl sites for hydroxylation is 1. The predicted molar refractivity (Wildman–Crippen MR) is 78.7 cm³/mol. The zero-order chi connectivity index (χ0) is 13.8. The molecule has 1 nitrogen and oxygen atoms in total. The summed E-state index contributed by atoms with van der Waals surface area (Å²) in [5.74, 6) is -0.166. The van der Waals surface area contributed by atoms with Gasteiger partial charge in [0.1, 0.15) is 5.82 Å². The molecule has 1 N–H and O–H groups in total. The van der Waals surface area contributed by atoms with Gasteiger partial charge in [0.2, 0.25) is 0 Å². The van der Waals surface area contributed by atoms with Crippen molar-refractivity contribution in [3.8, 4) is 11.1 Å². The molecular formula is C17H20FN. The Labute approximate surface area is 114 Å². The fourth-order valence-corrected chi connectivity index (χ4v) is 2.16. The first-order chi connectivity index (χ1) is 9.15. The first-order valence-electron chi connectivity index (χ1n) is 6.71. The average Bonchev–Trinajstić information content (AvgIpc) is 2.47. The van der Waals surface area contributed by atoms with Gasteiger partial charge in [-0.25, -0.2) is 4.39 Å². The lowest BCUT2D eigenvalue weighted by atomic mass is 9.98. The van der Waals surface area contributed by atoms with Crippen LogP contribution in [0.4, 0.5) is 4.39 Å². The van der Waals surface area contributed by atoms with E-state index < -0.39 is 0 Å². The summed E-state index contributed by atoms with van der Waals surface area (Å²) in [5.41, 5.74) is 3.95. The molecule has 2 aromatic carbocycles. The van der Waals surface area contributed by atoms with Crippen LogP contribution < -0.4 is 5.32 Å². The van der Waals surface area contributed by atoms with Crippen LogP contribution in [0.5, 0.6) is 0 Å². The fourth-order valence-electron chi connectivity index (χ4n) is 2.16. The van der Waals surface area contributed by atoms with Crippen molar-refractivity contribution < 1.29 is 4.39 Å². The standard InChI is InChI=1S/C17H20FN/c1-4-13-6-5-7-15(10-13)16-11-14(12(2)19-3)8-9-17(16)18/h5-12,19H,4H2,1-3H3. The maximum Gasteiger partial charge on any atom is 0.131 e. The van der Waals surface area contributed by atoms with Crippen molar-refractivity contribution >= 4 is 0 Å². The van der Waals surface area contributed by atoms with E-state index in [0.29, 0.717) is 5.56 Å². The van der Waals surface area contributed by atoms with E-state index >= 15 is 0 Å². The molecule has 0 saturated heterocycles. The molecule has 2 heteroatoms. The highest BCUT2D eigenvalue weighted by atomic mass is 19.1. The Morgan fingerprint density at radius 1 is 1.16 bits per heavy atom.